The number of nitrogens with zero attached hydrogens (tertiary/aromatic N) is 1. The highest BCUT2D eigenvalue weighted by atomic mass is 32.1. The number of benzene rings is 1. The number of likely N-dealkylation sites (tertiary alicyclic amines) is 1. The summed E-state index contributed by atoms with van der Waals surface area (Å²) in [7, 11) is 0. The monoisotopic (exact) mass is 395 g/mol. The van der Waals surface area contributed by atoms with Crippen molar-refractivity contribution >= 4 is 22.9 Å². The molecule has 0 radical (unpaired) electrons. The van der Waals surface area contributed by atoms with Crippen LogP contribution in [0, 0.1) is 0 Å². The van der Waals surface area contributed by atoms with Gasteiger partial charge in [-0.1, -0.05) is 36.8 Å². The van der Waals surface area contributed by atoms with Crippen LogP contribution in [0.4, 0.5) is 0 Å². The van der Waals surface area contributed by atoms with Crippen LogP contribution in [-0.2, 0) is 23.1 Å². The first kappa shape index (κ1) is 19.4. The van der Waals surface area contributed by atoms with E-state index in [0.29, 0.717) is 0 Å². The molecule has 1 fully saturated rings. The van der Waals surface area contributed by atoms with Gasteiger partial charge in [-0.2, -0.15) is 0 Å². The van der Waals surface area contributed by atoms with Crippen molar-refractivity contribution in [2.75, 3.05) is 19.6 Å². The summed E-state index contributed by atoms with van der Waals surface area (Å²) < 4.78 is 0. The maximum atomic E-state index is 11.8. The number of carbonyl (C=O) groups is 1. The van der Waals surface area contributed by atoms with Crippen molar-refractivity contribution < 1.29 is 9.90 Å². The van der Waals surface area contributed by atoms with Gasteiger partial charge < -0.3 is 10.0 Å². The second-order valence-electron chi connectivity index (χ2n) is 8.45. The Balaban J connectivity index is 1.87. The van der Waals surface area contributed by atoms with E-state index in [-0.39, 0.29) is 0 Å². The summed E-state index contributed by atoms with van der Waals surface area (Å²) in [6, 6.07) is 11.0. The third-order valence-electron chi connectivity index (χ3n) is 6.40. The number of hydrogen-bond donors (Lipinski definition) is 1. The lowest BCUT2D eigenvalue weighted by Crippen LogP contribution is -2.30. The lowest BCUT2D eigenvalue weighted by Gasteiger charge is -2.29. The van der Waals surface area contributed by atoms with Crippen LogP contribution >= 0.6 is 11.3 Å². The Kier molecular flexibility index (Phi) is 5.19. The minimum Gasteiger partial charge on any atom is -0.481 e. The van der Waals surface area contributed by atoms with Gasteiger partial charge in [0.2, 0.25) is 0 Å². The van der Waals surface area contributed by atoms with Gasteiger partial charge in [0.15, 0.2) is 0 Å². The second kappa shape index (κ2) is 7.49. The molecule has 0 spiro atoms. The van der Waals surface area contributed by atoms with E-state index in [1.54, 1.807) is 11.3 Å². The fourth-order valence-corrected chi connectivity index (χ4v) is 5.64. The predicted octanol–water partition coefficient (Wildman–Crippen LogP) is 5.13. The van der Waals surface area contributed by atoms with Gasteiger partial charge in [-0.3, -0.25) is 4.79 Å². The van der Waals surface area contributed by atoms with Crippen LogP contribution < -0.4 is 0 Å². The number of rotatable bonds is 3. The maximum Gasteiger partial charge on any atom is 0.314 e. The molecule has 4 heteroatoms. The first-order valence-electron chi connectivity index (χ1n) is 10.3. The number of carboxylic acids is 1. The molecule has 28 heavy (non-hydrogen) atoms. The number of hydrogen-bond acceptors (Lipinski definition) is 3. The van der Waals surface area contributed by atoms with Crippen LogP contribution in [0.5, 0.6) is 0 Å². The van der Waals surface area contributed by atoms with Crippen molar-refractivity contribution in [1.29, 1.82) is 0 Å². The molecule has 0 bridgehead atoms. The summed E-state index contributed by atoms with van der Waals surface area (Å²) in [5.74, 6) is -0.755. The molecule has 2 heterocycles. The van der Waals surface area contributed by atoms with Crippen molar-refractivity contribution in [1.82, 2.24) is 4.90 Å². The van der Waals surface area contributed by atoms with E-state index in [9.17, 15) is 9.90 Å². The minimum absolute atomic E-state index is 0.755. The Labute approximate surface area is 171 Å². The molecule has 0 unspecified atom stereocenters. The quantitative estimate of drug-likeness (QED) is 0.783. The van der Waals surface area contributed by atoms with E-state index < -0.39 is 11.4 Å². The van der Waals surface area contributed by atoms with Crippen molar-refractivity contribution in [3.8, 4) is 0 Å². The summed E-state index contributed by atoms with van der Waals surface area (Å²) >= 11 is 1.70. The Morgan fingerprint density at radius 1 is 1.11 bits per heavy atom. The van der Waals surface area contributed by atoms with E-state index in [1.807, 2.05) is 13.8 Å². The van der Waals surface area contributed by atoms with Gasteiger partial charge in [-0.15, -0.1) is 11.3 Å². The number of carboxylic acid groups (broad SMARTS) is 1. The Bertz CT molecular complexity index is 928. The first-order chi connectivity index (χ1) is 13.4. The summed E-state index contributed by atoms with van der Waals surface area (Å²) in [6.45, 7) is 9.22. The molecular formula is C24H29NO2S. The zero-order chi connectivity index (χ0) is 19.9. The zero-order valence-corrected chi connectivity index (χ0v) is 17.9. The van der Waals surface area contributed by atoms with E-state index in [1.165, 1.54) is 32.7 Å². The maximum absolute atomic E-state index is 11.8. The zero-order valence-electron chi connectivity index (χ0n) is 17.0. The Morgan fingerprint density at radius 3 is 2.50 bits per heavy atom. The highest BCUT2D eigenvalue weighted by Crippen LogP contribution is 2.44. The van der Waals surface area contributed by atoms with Gasteiger partial charge >= 0.3 is 5.97 Å². The van der Waals surface area contributed by atoms with Gasteiger partial charge in [0.1, 0.15) is 0 Å². The minimum atomic E-state index is -0.849. The highest BCUT2D eigenvalue weighted by Gasteiger charge is 2.34. The largest absolute Gasteiger partial charge is 0.481 e. The third-order valence-corrected chi connectivity index (χ3v) is 7.92. The molecule has 148 valence electrons. The molecular weight excluding hydrogens is 366 g/mol. The van der Waals surface area contributed by atoms with Gasteiger partial charge in [-0.25, -0.2) is 0 Å². The molecule has 4 rings (SSSR count). The normalized spacial score (nSPS) is 17.8. The third kappa shape index (κ3) is 3.33. The molecule has 0 saturated carbocycles. The summed E-state index contributed by atoms with van der Waals surface area (Å²) in [4.78, 5) is 16.7. The van der Waals surface area contributed by atoms with Gasteiger partial charge in [0, 0.05) is 22.8 Å². The number of aryl methyl sites for hydroxylation is 2. The molecule has 2 aliphatic rings. The smallest absolute Gasteiger partial charge is 0.314 e. The van der Waals surface area contributed by atoms with Crippen molar-refractivity contribution in [3.63, 3.8) is 0 Å². The van der Waals surface area contributed by atoms with Crippen molar-refractivity contribution in [2.45, 2.75) is 51.9 Å². The van der Waals surface area contributed by atoms with Gasteiger partial charge in [0.05, 0.1) is 5.41 Å². The highest BCUT2D eigenvalue weighted by molar-refractivity contribution is 7.12. The summed E-state index contributed by atoms with van der Waals surface area (Å²) in [5.41, 5.74) is 6.15. The fourth-order valence-electron chi connectivity index (χ4n) is 4.39. The molecule has 1 aromatic heterocycles. The lowest BCUT2D eigenvalue weighted by molar-refractivity contribution is -0.142. The molecule has 0 amide bonds. The molecule has 2 aromatic rings. The first-order valence-corrected chi connectivity index (χ1v) is 11.1. The molecule has 3 nitrogen and oxygen atoms in total. The van der Waals surface area contributed by atoms with Crippen LogP contribution in [0.25, 0.3) is 5.57 Å². The van der Waals surface area contributed by atoms with Crippen LogP contribution in [0.15, 0.2) is 35.9 Å². The Morgan fingerprint density at radius 2 is 1.82 bits per heavy atom. The van der Waals surface area contributed by atoms with Gasteiger partial charge in [-0.05, 0) is 74.4 Å². The molecule has 0 atom stereocenters. The molecule has 1 saturated heterocycles. The molecule has 1 N–H and O–H groups in total. The molecule has 1 aliphatic carbocycles. The lowest BCUT2D eigenvalue weighted by atomic mass is 9.86. The molecule has 1 aromatic carbocycles. The summed E-state index contributed by atoms with van der Waals surface area (Å²) in [5, 5.41) is 9.73. The number of fused-ring (bicyclic) bond motifs is 2. The topological polar surface area (TPSA) is 40.5 Å². The van der Waals surface area contributed by atoms with E-state index in [2.05, 4.69) is 42.2 Å². The van der Waals surface area contributed by atoms with Crippen LogP contribution in [-0.4, -0.2) is 35.6 Å². The Hall–Kier alpha value is -1.91. The van der Waals surface area contributed by atoms with Crippen LogP contribution in [0.3, 0.4) is 0 Å². The van der Waals surface area contributed by atoms with E-state index >= 15 is 0 Å². The average Bonchev–Trinajstić information content (AvgIpc) is 3.06. The van der Waals surface area contributed by atoms with E-state index in [4.69, 9.17) is 0 Å². The van der Waals surface area contributed by atoms with E-state index in [0.717, 1.165) is 50.2 Å². The SMILES string of the molecule is CCN1CCC(=C2c3ccccc3CCc3sc(C(C)(C)C(=O)O)cc32)CC1. The average molecular weight is 396 g/mol. The van der Waals surface area contributed by atoms with Crippen molar-refractivity contribution in [3.05, 3.63) is 62.3 Å². The van der Waals surface area contributed by atoms with Crippen LogP contribution in [0.2, 0.25) is 0 Å². The standard InChI is InChI=1S/C24H29NO2S/c1-4-25-13-11-17(12-14-25)22-18-8-6-5-7-16(18)9-10-20-19(22)15-21(28-20)24(2,3)23(26)27/h5-8,15H,4,9-14H2,1-3H3,(H,26,27). The van der Waals surface area contributed by atoms with Crippen LogP contribution in [0.1, 0.15) is 60.1 Å². The summed E-state index contributed by atoms with van der Waals surface area (Å²) in [6.07, 6.45) is 4.22. The van der Waals surface area contributed by atoms with Crippen molar-refractivity contribution in [2.24, 2.45) is 0 Å². The predicted molar refractivity (Wildman–Crippen MR) is 116 cm³/mol. The number of piperidine rings is 1. The molecule has 1 aliphatic heterocycles. The number of aliphatic carboxylic acids is 1. The van der Waals surface area contributed by atoms with Gasteiger partial charge in [0.25, 0.3) is 0 Å². The second-order valence-corrected chi connectivity index (χ2v) is 9.58. The number of thiophene rings is 1. The fraction of sp³-hybridized carbons (Fsp3) is 0.458.